The third kappa shape index (κ3) is 2.60. The Bertz CT molecular complexity index is 445. The Hall–Kier alpha value is -1.27. The van der Waals surface area contributed by atoms with Crippen LogP contribution in [-0.2, 0) is 0 Å². The van der Waals surface area contributed by atoms with E-state index in [1.54, 1.807) is 36.3 Å². The van der Waals surface area contributed by atoms with Crippen molar-refractivity contribution in [2.24, 2.45) is 0 Å². The van der Waals surface area contributed by atoms with E-state index in [2.05, 4.69) is 9.97 Å². The second kappa shape index (κ2) is 4.50. The molecule has 2 N–H and O–H groups in total. The minimum Gasteiger partial charge on any atom is -0.481 e. The monoisotopic (exact) mass is 239 g/mol. The molecule has 0 amide bonds. The summed E-state index contributed by atoms with van der Waals surface area (Å²) in [6, 6.07) is 5.79. The third-order valence-electron chi connectivity index (χ3n) is 1.61. The molecule has 4 nitrogen and oxygen atoms in total. The van der Waals surface area contributed by atoms with Crippen molar-refractivity contribution in [1.29, 1.82) is 0 Å². The summed E-state index contributed by atoms with van der Waals surface area (Å²) in [7, 11) is 1.56. The highest BCUT2D eigenvalue weighted by Gasteiger charge is 2.04. The van der Waals surface area contributed by atoms with Crippen LogP contribution in [0.25, 0.3) is 0 Å². The van der Waals surface area contributed by atoms with E-state index in [0.29, 0.717) is 5.88 Å². The first-order chi connectivity index (χ1) is 7.28. The zero-order chi connectivity index (χ0) is 10.7. The number of anilines is 1. The number of hydrogen-bond donors (Lipinski definition) is 1. The first kappa shape index (κ1) is 10.3. The van der Waals surface area contributed by atoms with E-state index in [9.17, 15) is 0 Å². The third-order valence-corrected chi connectivity index (χ3v) is 3.56. The molecule has 0 unspecified atom stereocenters. The number of aromatic nitrogens is 2. The molecule has 0 fully saturated rings. The fraction of sp³-hybridized carbons (Fsp3) is 0.111. The summed E-state index contributed by atoms with van der Waals surface area (Å²) in [5.41, 5.74) is 5.55. The summed E-state index contributed by atoms with van der Waals surface area (Å²) in [5, 5.41) is 2.81. The highest BCUT2D eigenvalue weighted by molar-refractivity contribution is 8.01. The molecular formula is C9H9N3OS2. The molecule has 0 bridgehead atoms. The number of rotatable bonds is 3. The molecule has 78 valence electrons. The van der Waals surface area contributed by atoms with Crippen LogP contribution in [-0.4, -0.2) is 17.1 Å². The normalized spacial score (nSPS) is 10.2. The molecule has 0 aliphatic carbocycles. The second-order valence-corrected chi connectivity index (χ2v) is 4.91. The Labute approximate surface area is 95.5 Å². The molecule has 0 saturated carbocycles. The lowest BCUT2D eigenvalue weighted by Gasteiger charge is -2.02. The van der Waals surface area contributed by atoms with Crippen molar-refractivity contribution in [3.8, 4) is 5.88 Å². The van der Waals surface area contributed by atoms with Crippen molar-refractivity contribution in [2.45, 2.75) is 9.24 Å². The van der Waals surface area contributed by atoms with Gasteiger partial charge in [-0.2, -0.15) is 4.98 Å². The van der Waals surface area contributed by atoms with Crippen LogP contribution in [0.5, 0.6) is 5.88 Å². The second-order valence-electron chi connectivity index (χ2n) is 2.64. The Morgan fingerprint density at radius 1 is 1.47 bits per heavy atom. The van der Waals surface area contributed by atoms with Crippen LogP contribution in [0.15, 0.2) is 32.8 Å². The molecule has 0 aliphatic heterocycles. The van der Waals surface area contributed by atoms with Gasteiger partial charge < -0.3 is 10.5 Å². The number of methoxy groups -OCH3 is 1. The van der Waals surface area contributed by atoms with Crippen LogP contribution in [0.4, 0.5) is 5.95 Å². The first-order valence-electron chi connectivity index (χ1n) is 4.18. The molecule has 6 heteroatoms. The van der Waals surface area contributed by atoms with E-state index in [4.69, 9.17) is 10.5 Å². The van der Waals surface area contributed by atoms with Gasteiger partial charge in [-0.15, -0.1) is 11.3 Å². The standard InChI is InChI=1S/C9H9N3OS2/c1-13-6-5-7(12-9(10)11-6)15-8-3-2-4-14-8/h2-5H,1H3,(H2,10,11,12). The van der Waals surface area contributed by atoms with Gasteiger partial charge in [-0.3, -0.25) is 0 Å². The van der Waals surface area contributed by atoms with Crippen molar-refractivity contribution in [3.63, 3.8) is 0 Å². The lowest BCUT2D eigenvalue weighted by molar-refractivity contribution is 0.396. The van der Waals surface area contributed by atoms with Crippen LogP contribution in [0.3, 0.4) is 0 Å². The lowest BCUT2D eigenvalue weighted by atomic mass is 10.6. The molecule has 2 aromatic rings. The molecular weight excluding hydrogens is 230 g/mol. The minimum atomic E-state index is 0.230. The fourth-order valence-corrected chi connectivity index (χ4v) is 2.72. The van der Waals surface area contributed by atoms with E-state index < -0.39 is 0 Å². The van der Waals surface area contributed by atoms with Gasteiger partial charge in [0.15, 0.2) is 0 Å². The zero-order valence-electron chi connectivity index (χ0n) is 8.01. The maximum Gasteiger partial charge on any atom is 0.224 e. The van der Waals surface area contributed by atoms with Crippen LogP contribution in [0.2, 0.25) is 0 Å². The summed E-state index contributed by atoms with van der Waals surface area (Å²) in [5.74, 6) is 0.718. The van der Waals surface area contributed by atoms with Gasteiger partial charge in [-0.1, -0.05) is 17.8 Å². The molecule has 15 heavy (non-hydrogen) atoms. The molecule has 2 aromatic heterocycles. The minimum absolute atomic E-state index is 0.230. The van der Waals surface area contributed by atoms with Crippen LogP contribution in [0.1, 0.15) is 0 Å². The van der Waals surface area contributed by atoms with Gasteiger partial charge in [0.1, 0.15) is 5.03 Å². The highest BCUT2D eigenvalue weighted by atomic mass is 32.2. The molecule has 0 aliphatic rings. The van der Waals surface area contributed by atoms with E-state index in [1.165, 1.54) is 0 Å². The summed E-state index contributed by atoms with van der Waals surface area (Å²) in [6.07, 6.45) is 0. The van der Waals surface area contributed by atoms with Crippen LogP contribution >= 0.6 is 23.1 Å². The van der Waals surface area contributed by atoms with Gasteiger partial charge in [-0.25, -0.2) is 4.98 Å². The fourth-order valence-electron chi connectivity index (χ4n) is 1.00. The lowest BCUT2D eigenvalue weighted by Crippen LogP contribution is -1.98. The van der Waals surface area contributed by atoms with Crippen LogP contribution in [0, 0.1) is 0 Å². The zero-order valence-corrected chi connectivity index (χ0v) is 9.64. The molecule has 2 rings (SSSR count). The molecule has 0 radical (unpaired) electrons. The summed E-state index contributed by atoms with van der Waals surface area (Å²) in [4.78, 5) is 8.03. The maximum absolute atomic E-state index is 5.55. The Morgan fingerprint density at radius 3 is 3.00 bits per heavy atom. The number of thiophene rings is 1. The number of ether oxygens (including phenoxy) is 1. The number of nitrogen functional groups attached to an aromatic ring is 1. The highest BCUT2D eigenvalue weighted by Crippen LogP contribution is 2.31. The smallest absolute Gasteiger partial charge is 0.224 e. The Morgan fingerprint density at radius 2 is 2.33 bits per heavy atom. The molecule has 0 atom stereocenters. The first-order valence-corrected chi connectivity index (χ1v) is 5.87. The summed E-state index contributed by atoms with van der Waals surface area (Å²) < 4.78 is 6.18. The molecule has 0 aromatic carbocycles. The van der Waals surface area contributed by atoms with Crippen molar-refractivity contribution < 1.29 is 4.74 Å². The number of nitrogens with zero attached hydrogens (tertiary/aromatic N) is 2. The summed E-state index contributed by atoms with van der Waals surface area (Å²) in [6.45, 7) is 0. The Balaban J connectivity index is 2.24. The van der Waals surface area contributed by atoms with Gasteiger partial charge in [0.05, 0.1) is 11.3 Å². The predicted molar refractivity (Wildman–Crippen MR) is 61.4 cm³/mol. The predicted octanol–water partition coefficient (Wildman–Crippen LogP) is 2.28. The van der Waals surface area contributed by atoms with Crippen molar-refractivity contribution in [1.82, 2.24) is 9.97 Å². The van der Waals surface area contributed by atoms with Gasteiger partial charge in [0.2, 0.25) is 11.8 Å². The molecule has 0 spiro atoms. The SMILES string of the molecule is COc1cc(Sc2cccs2)nc(N)n1. The van der Waals surface area contributed by atoms with Crippen LogP contribution < -0.4 is 10.5 Å². The quantitative estimate of drug-likeness (QED) is 0.833. The topological polar surface area (TPSA) is 61.0 Å². The van der Waals surface area contributed by atoms with Gasteiger partial charge in [0, 0.05) is 6.07 Å². The van der Waals surface area contributed by atoms with Gasteiger partial charge >= 0.3 is 0 Å². The van der Waals surface area contributed by atoms with E-state index in [-0.39, 0.29) is 5.95 Å². The van der Waals surface area contributed by atoms with Gasteiger partial charge in [0.25, 0.3) is 0 Å². The number of nitrogens with two attached hydrogens (primary N) is 1. The summed E-state index contributed by atoms with van der Waals surface area (Å²) >= 11 is 3.20. The van der Waals surface area contributed by atoms with E-state index in [0.717, 1.165) is 9.24 Å². The average Bonchev–Trinajstić information content (AvgIpc) is 2.69. The van der Waals surface area contributed by atoms with E-state index in [1.807, 2.05) is 17.5 Å². The average molecular weight is 239 g/mol. The van der Waals surface area contributed by atoms with Crippen molar-refractivity contribution in [3.05, 3.63) is 23.6 Å². The van der Waals surface area contributed by atoms with Gasteiger partial charge in [-0.05, 0) is 11.4 Å². The number of hydrogen-bond acceptors (Lipinski definition) is 6. The van der Waals surface area contributed by atoms with E-state index >= 15 is 0 Å². The van der Waals surface area contributed by atoms with Crippen molar-refractivity contribution >= 4 is 29.0 Å². The van der Waals surface area contributed by atoms with Crippen molar-refractivity contribution in [2.75, 3.05) is 12.8 Å². The molecule has 2 heterocycles. The maximum atomic E-state index is 5.55. The Kier molecular flexibility index (Phi) is 3.08. The molecule has 0 saturated heterocycles. The largest absolute Gasteiger partial charge is 0.481 e.